The van der Waals surface area contributed by atoms with Crippen LogP contribution in [0.5, 0.6) is 0 Å². The van der Waals surface area contributed by atoms with Crippen molar-refractivity contribution in [2.45, 2.75) is 0 Å². The van der Waals surface area contributed by atoms with Gasteiger partial charge in [-0.05, 0) is 18.2 Å². The summed E-state index contributed by atoms with van der Waals surface area (Å²) in [7, 11) is 0. The molecule has 1 aromatic heterocycles. The fraction of sp³-hybridized carbons (Fsp3) is 0. The van der Waals surface area contributed by atoms with Gasteiger partial charge in [-0.1, -0.05) is 0 Å². The Bertz CT molecular complexity index is 538. The van der Waals surface area contributed by atoms with Gasteiger partial charge in [0.15, 0.2) is 0 Å². The summed E-state index contributed by atoms with van der Waals surface area (Å²) in [6, 6.07) is 6.79. The molecule has 1 heterocycles. The fourth-order valence-corrected chi connectivity index (χ4v) is 1.30. The van der Waals surface area contributed by atoms with E-state index in [1.165, 1.54) is 22.9 Å². The van der Waals surface area contributed by atoms with Crippen LogP contribution >= 0.6 is 0 Å². The molecule has 0 bridgehead atoms. The van der Waals surface area contributed by atoms with E-state index in [2.05, 4.69) is 0 Å². The van der Waals surface area contributed by atoms with Crippen molar-refractivity contribution >= 4 is 0 Å². The average Bonchev–Trinajstić information content (AvgIpc) is 2.66. The highest BCUT2D eigenvalue weighted by Crippen LogP contribution is 2.15. The van der Waals surface area contributed by atoms with E-state index in [4.69, 9.17) is 5.26 Å². The first kappa shape index (κ1) is 9.41. The molecule has 0 aliphatic heterocycles. The maximum atomic E-state index is 13.3. The van der Waals surface area contributed by atoms with Gasteiger partial charge < -0.3 is 4.57 Å². The maximum absolute atomic E-state index is 13.3. The lowest BCUT2D eigenvalue weighted by molar-refractivity contribution is 0.578. The number of nitrogens with zero attached hydrogens (tertiary/aromatic N) is 2. The lowest BCUT2D eigenvalue weighted by Crippen LogP contribution is -1.94. The lowest BCUT2D eigenvalue weighted by Gasteiger charge is -2.03. The predicted octanol–water partition coefficient (Wildman–Crippen LogP) is 2.63. The molecule has 0 unspecified atom stereocenters. The number of hydrogen-bond donors (Lipinski definition) is 0. The third kappa shape index (κ3) is 1.72. The molecule has 0 saturated heterocycles. The van der Waals surface area contributed by atoms with Gasteiger partial charge in [-0.3, -0.25) is 0 Å². The van der Waals surface area contributed by atoms with Crippen LogP contribution in [0.25, 0.3) is 5.69 Å². The second kappa shape index (κ2) is 3.54. The van der Waals surface area contributed by atoms with Crippen molar-refractivity contribution in [3.63, 3.8) is 0 Å². The van der Waals surface area contributed by atoms with Crippen molar-refractivity contribution < 1.29 is 8.78 Å². The summed E-state index contributed by atoms with van der Waals surface area (Å²) in [5, 5.41) is 8.59. The molecule has 0 saturated carbocycles. The first-order valence-corrected chi connectivity index (χ1v) is 4.24. The Morgan fingerprint density at radius 3 is 2.60 bits per heavy atom. The summed E-state index contributed by atoms with van der Waals surface area (Å²) in [5.74, 6) is -1.28. The smallest absolute Gasteiger partial charge is 0.150 e. The molecule has 0 fully saturated rings. The summed E-state index contributed by atoms with van der Waals surface area (Å²) < 4.78 is 27.4. The summed E-state index contributed by atoms with van der Waals surface area (Å²) in [4.78, 5) is 0. The van der Waals surface area contributed by atoms with Gasteiger partial charge in [0.2, 0.25) is 0 Å². The van der Waals surface area contributed by atoms with Crippen molar-refractivity contribution in [3.8, 4) is 11.8 Å². The van der Waals surface area contributed by atoms with Crippen molar-refractivity contribution in [1.82, 2.24) is 4.57 Å². The Hall–Kier alpha value is -2.15. The van der Waals surface area contributed by atoms with E-state index < -0.39 is 11.6 Å². The minimum absolute atomic E-state index is 0.220. The van der Waals surface area contributed by atoms with E-state index in [0.29, 0.717) is 5.56 Å². The molecule has 0 aliphatic rings. The summed E-state index contributed by atoms with van der Waals surface area (Å²) >= 11 is 0. The Morgan fingerprint density at radius 1 is 1.20 bits per heavy atom. The average molecular weight is 204 g/mol. The largest absolute Gasteiger partial charge is 0.320 e. The van der Waals surface area contributed by atoms with Gasteiger partial charge in [-0.2, -0.15) is 5.26 Å². The SMILES string of the molecule is N#Cc1ccn(-c2ccc(F)cc2F)c1. The molecule has 4 heteroatoms. The van der Waals surface area contributed by atoms with Crippen LogP contribution in [0.4, 0.5) is 8.78 Å². The highest BCUT2D eigenvalue weighted by atomic mass is 19.1. The highest BCUT2D eigenvalue weighted by molar-refractivity contribution is 5.38. The van der Waals surface area contributed by atoms with Crippen molar-refractivity contribution in [2.75, 3.05) is 0 Å². The third-order valence-electron chi connectivity index (χ3n) is 2.01. The molecule has 0 spiro atoms. The second-order valence-corrected chi connectivity index (χ2v) is 3.01. The Morgan fingerprint density at radius 2 is 2.00 bits per heavy atom. The molecule has 0 amide bonds. The number of nitriles is 1. The van der Waals surface area contributed by atoms with Gasteiger partial charge in [0, 0.05) is 18.5 Å². The number of benzene rings is 1. The number of hydrogen-bond acceptors (Lipinski definition) is 1. The van der Waals surface area contributed by atoms with Crippen LogP contribution in [-0.2, 0) is 0 Å². The summed E-state index contributed by atoms with van der Waals surface area (Å²) in [6.45, 7) is 0. The van der Waals surface area contributed by atoms with Crippen molar-refractivity contribution in [2.24, 2.45) is 0 Å². The Labute approximate surface area is 85.0 Å². The zero-order valence-corrected chi connectivity index (χ0v) is 7.61. The van der Waals surface area contributed by atoms with Gasteiger partial charge in [0.1, 0.15) is 17.7 Å². The normalized spacial score (nSPS) is 9.93. The number of halogens is 2. The quantitative estimate of drug-likeness (QED) is 0.701. The third-order valence-corrected chi connectivity index (χ3v) is 2.01. The fourth-order valence-electron chi connectivity index (χ4n) is 1.30. The van der Waals surface area contributed by atoms with Crippen LogP contribution in [0.3, 0.4) is 0 Å². The van der Waals surface area contributed by atoms with Crippen LogP contribution in [0.2, 0.25) is 0 Å². The molecule has 0 radical (unpaired) electrons. The molecule has 0 atom stereocenters. The van der Waals surface area contributed by atoms with E-state index in [0.717, 1.165) is 6.07 Å². The monoisotopic (exact) mass is 204 g/mol. The number of rotatable bonds is 1. The van der Waals surface area contributed by atoms with Crippen LogP contribution in [0.15, 0.2) is 36.7 Å². The van der Waals surface area contributed by atoms with Gasteiger partial charge in [-0.25, -0.2) is 8.78 Å². The molecular formula is C11H6F2N2. The van der Waals surface area contributed by atoms with Crippen LogP contribution in [0, 0.1) is 23.0 Å². The van der Waals surface area contributed by atoms with E-state index in [-0.39, 0.29) is 5.69 Å². The first-order valence-electron chi connectivity index (χ1n) is 4.24. The standard InChI is InChI=1S/C11H6F2N2/c12-9-1-2-11(10(13)5-9)15-4-3-8(6-14)7-15/h1-5,7H. The van der Waals surface area contributed by atoms with Gasteiger partial charge in [0.25, 0.3) is 0 Å². The molecule has 2 nitrogen and oxygen atoms in total. The molecule has 2 aromatic rings. The summed E-state index contributed by atoms with van der Waals surface area (Å²) in [6.07, 6.45) is 3.03. The minimum Gasteiger partial charge on any atom is -0.320 e. The molecule has 15 heavy (non-hydrogen) atoms. The van der Waals surface area contributed by atoms with E-state index in [9.17, 15) is 8.78 Å². The maximum Gasteiger partial charge on any atom is 0.150 e. The van der Waals surface area contributed by atoms with Crippen molar-refractivity contribution in [1.29, 1.82) is 5.26 Å². The topological polar surface area (TPSA) is 28.7 Å². The molecule has 2 rings (SSSR count). The molecular weight excluding hydrogens is 198 g/mol. The molecule has 74 valence electrons. The molecule has 0 aliphatic carbocycles. The summed E-state index contributed by atoms with van der Waals surface area (Å²) in [5.41, 5.74) is 0.650. The zero-order chi connectivity index (χ0) is 10.8. The lowest BCUT2D eigenvalue weighted by atomic mass is 10.3. The van der Waals surface area contributed by atoms with E-state index in [1.54, 1.807) is 12.3 Å². The first-order chi connectivity index (χ1) is 7.20. The van der Waals surface area contributed by atoms with Crippen LogP contribution in [-0.4, -0.2) is 4.57 Å². The second-order valence-electron chi connectivity index (χ2n) is 3.01. The van der Waals surface area contributed by atoms with Crippen LogP contribution in [0.1, 0.15) is 5.56 Å². The molecule has 1 aromatic carbocycles. The predicted molar refractivity (Wildman–Crippen MR) is 50.4 cm³/mol. The Balaban J connectivity index is 2.50. The van der Waals surface area contributed by atoms with Crippen LogP contribution < -0.4 is 0 Å². The van der Waals surface area contributed by atoms with E-state index >= 15 is 0 Å². The van der Waals surface area contributed by atoms with Crippen molar-refractivity contribution in [3.05, 3.63) is 53.9 Å². The van der Waals surface area contributed by atoms with E-state index in [1.807, 2.05) is 6.07 Å². The van der Waals surface area contributed by atoms with Gasteiger partial charge in [0.05, 0.1) is 11.3 Å². The minimum atomic E-state index is -0.657. The Kier molecular flexibility index (Phi) is 2.22. The van der Waals surface area contributed by atoms with Gasteiger partial charge in [-0.15, -0.1) is 0 Å². The highest BCUT2D eigenvalue weighted by Gasteiger charge is 2.05. The number of aromatic nitrogens is 1. The van der Waals surface area contributed by atoms with Gasteiger partial charge >= 0.3 is 0 Å². The zero-order valence-electron chi connectivity index (χ0n) is 7.61. The molecule has 0 N–H and O–H groups in total.